The molecule has 9 nitrogen and oxygen atoms in total. The number of thioether (sulfide) groups is 1. The fraction of sp³-hybridized carbons (Fsp3) is 0.615. The molecule has 0 radical (unpaired) electrons. The van der Waals surface area contributed by atoms with Gasteiger partial charge in [-0.25, -0.2) is 4.79 Å². The smallest absolute Gasteiger partial charge is 0.408 e. The Morgan fingerprint density at radius 1 is 1.19 bits per heavy atom. The third kappa shape index (κ3) is 8.43. The Bertz CT molecular complexity index is 948. The van der Waals surface area contributed by atoms with Gasteiger partial charge in [-0.2, -0.15) is 11.8 Å². The van der Waals surface area contributed by atoms with E-state index in [9.17, 15) is 19.2 Å². The predicted octanol–water partition coefficient (Wildman–Crippen LogP) is 3.21. The second-order valence-corrected chi connectivity index (χ2v) is 11.0. The number of rotatable bonds is 11. The third-order valence-electron chi connectivity index (χ3n) is 5.92. The average Bonchev–Trinajstić information content (AvgIpc) is 3.52. The van der Waals surface area contributed by atoms with Gasteiger partial charge in [-0.1, -0.05) is 31.2 Å². The summed E-state index contributed by atoms with van der Waals surface area (Å²) < 4.78 is 10.1. The molecule has 1 saturated carbocycles. The summed E-state index contributed by atoms with van der Waals surface area (Å²) in [7, 11) is 1.24. The van der Waals surface area contributed by atoms with E-state index in [1.807, 2.05) is 44.4 Å². The molecule has 0 saturated heterocycles. The number of carbonyl (C=O) groups excluding carboxylic acids is 4. The lowest BCUT2D eigenvalue weighted by atomic mass is 9.97. The molecule has 1 aromatic rings. The molecule has 2 rings (SSSR count). The van der Waals surface area contributed by atoms with Crippen LogP contribution >= 0.6 is 11.8 Å². The molecule has 36 heavy (non-hydrogen) atoms. The van der Waals surface area contributed by atoms with Gasteiger partial charge in [0.25, 0.3) is 0 Å². The van der Waals surface area contributed by atoms with E-state index in [4.69, 9.17) is 4.74 Å². The first kappa shape index (κ1) is 29.5. The summed E-state index contributed by atoms with van der Waals surface area (Å²) in [5.74, 6) is -0.608. The number of methoxy groups -OCH3 is 1. The normalized spacial score (nSPS) is 18.4. The highest BCUT2D eigenvalue weighted by Crippen LogP contribution is 2.41. The lowest BCUT2D eigenvalue weighted by Gasteiger charge is -2.35. The molecular weight excluding hydrogens is 482 g/mol. The maximum atomic E-state index is 14.1. The molecule has 3 amide bonds. The van der Waals surface area contributed by atoms with Crippen LogP contribution in [0.1, 0.15) is 57.7 Å². The number of nitrogens with zero attached hydrogens (tertiary/aromatic N) is 1. The molecule has 0 bridgehead atoms. The predicted molar refractivity (Wildman–Crippen MR) is 140 cm³/mol. The molecule has 4 atom stereocenters. The zero-order valence-corrected chi connectivity index (χ0v) is 23.1. The van der Waals surface area contributed by atoms with Crippen molar-refractivity contribution in [3.05, 3.63) is 35.4 Å². The van der Waals surface area contributed by atoms with E-state index < -0.39 is 35.7 Å². The summed E-state index contributed by atoms with van der Waals surface area (Å²) in [4.78, 5) is 53.5. The highest BCUT2D eigenvalue weighted by atomic mass is 32.2. The molecular formula is C26H39N3O6S. The molecule has 1 fully saturated rings. The van der Waals surface area contributed by atoms with Crippen LogP contribution in [0, 0.1) is 12.8 Å². The lowest BCUT2D eigenvalue weighted by Crippen LogP contribution is -2.54. The zero-order chi connectivity index (χ0) is 27.0. The van der Waals surface area contributed by atoms with Crippen LogP contribution in [0.3, 0.4) is 0 Å². The van der Waals surface area contributed by atoms with Gasteiger partial charge in [0.2, 0.25) is 11.8 Å². The van der Waals surface area contributed by atoms with Crippen LogP contribution in [0.25, 0.3) is 0 Å². The Morgan fingerprint density at radius 3 is 2.36 bits per heavy atom. The summed E-state index contributed by atoms with van der Waals surface area (Å²) in [6.07, 6.45) is 2.35. The number of hydrogen-bond acceptors (Lipinski definition) is 7. The Kier molecular flexibility index (Phi) is 10.6. The van der Waals surface area contributed by atoms with Crippen LogP contribution in [-0.4, -0.2) is 72.1 Å². The Morgan fingerprint density at radius 2 is 1.83 bits per heavy atom. The third-order valence-corrected chi connectivity index (χ3v) is 6.57. The van der Waals surface area contributed by atoms with Crippen molar-refractivity contribution in [1.29, 1.82) is 0 Å². The fourth-order valence-corrected chi connectivity index (χ4v) is 4.41. The minimum atomic E-state index is -0.976. The SMILES string of the molecule is COC(=O)CNC(=O)C(c1ccccc1C)N(C(=O)C(CCSC)NC(=O)OC(C)(C)C)C1CC1C. The van der Waals surface area contributed by atoms with Crippen LogP contribution in [0.2, 0.25) is 0 Å². The number of esters is 1. The van der Waals surface area contributed by atoms with Crippen LogP contribution < -0.4 is 10.6 Å². The topological polar surface area (TPSA) is 114 Å². The van der Waals surface area contributed by atoms with E-state index in [1.165, 1.54) is 7.11 Å². The van der Waals surface area contributed by atoms with Gasteiger partial charge < -0.3 is 25.0 Å². The second-order valence-electron chi connectivity index (χ2n) is 10.1. The maximum Gasteiger partial charge on any atom is 0.408 e. The molecule has 0 aromatic heterocycles. The Balaban J connectivity index is 2.46. The first-order valence-corrected chi connectivity index (χ1v) is 13.5. The number of ether oxygens (including phenoxy) is 2. The van der Waals surface area contributed by atoms with Gasteiger partial charge in [-0.05, 0) is 69.6 Å². The van der Waals surface area contributed by atoms with Gasteiger partial charge in [0, 0.05) is 6.04 Å². The number of aryl methyl sites for hydroxylation is 1. The maximum absolute atomic E-state index is 14.1. The summed E-state index contributed by atoms with van der Waals surface area (Å²) in [5, 5.41) is 5.36. The standard InChI is InChI=1S/C26H39N3O6S/c1-16-10-8-9-11-18(16)22(23(31)27-15-21(30)34-6)29(20-14-17(20)2)24(32)19(12-13-36-7)28-25(33)35-26(3,4)5/h8-11,17,19-20,22H,12-15H2,1-7H3,(H,27,31)(H,28,33). The molecule has 0 aliphatic heterocycles. The van der Waals surface area contributed by atoms with Gasteiger partial charge in [0.1, 0.15) is 24.2 Å². The van der Waals surface area contributed by atoms with Crippen LogP contribution in [0.15, 0.2) is 24.3 Å². The molecule has 1 aromatic carbocycles. The van der Waals surface area contributed by atoms with E-state index in [0.717, 1.165) is 12.0 Å². The van der Waals surface area contributed by atoms with Crippen LogP contribution in [-0.2, 0) is 23.9 Å². The molecule has 0 heterocycles. The molecule has 0 spiro atoms. The van der Waals surface area contributed by atoms with Crippen molar-refractivity contribution in [2.45, 2.75) is 71.2 Å². The Hall–Kier alpha value is -2.75. The van der Waals surface area contributed by atoms with E-state index >= 15 is 0 Å². The van der Waals surface area contributed by atoms with Crippen LogP contribution in [0.5, 0.6) is 0 Å². The van der Waals surface area contributed by atoms with E-state index in [1.54, 1.807) is 37.4 Å². The first-order chi connectivity index (χ1) is 16.9. The largest absolute Gasteiger partial charge is 0.468 e. The molecule has 4 unspecified atom stereocenters. The monoisotopic (exact) mass is 521 g/mol. The lowest BCUT2D eigenvalue weighted by molar-refractivity contribution is -0.145. The number of hydrogen-bond donors (Lipinski definition) is 2. The van der Waals surface area contributed by atoms with Crippen molar-refractivity contribution in [1.82, 2.24) is 15.5 Å². The van der Waals surface area contributed by atoms with Crippen molar-refractivity contribution < 1.29 is 28.7 Å². The molecule has 200 valence electrons. The van der Waals surface area contributed by atoms with Gasteiger partial charge >= 0.3 is 12.1 Å². The number of carbonyl (C=O) groups is 4. The second kappa shape index (κ2) is 13.0. The first-order valence-electron chi connectivity index (χ1n) is 12.1. The number of amides is 3. The quantitative estimate of drug-likeness (QED) is 0.430. The summed E-state index contributed by atoms with van der Waals surface area (Å²) in [6.45, 7) is 8.84. The highest BCUT2D eigenvalue weighted by Gasteiger charge is 2.48. The van der Waals surface area contributed by atoms with Crippen molar-refractivity contribution in [2.75, 3.05) is 25.7 Å². The van der Waals surface area contributed by atoms with Gasteiger partial charge in [-0.15, -0.1) is 0 Å². The molecule has 10 heteroatoms. The number of alkyl carbamates (subject to hydrolysis) is 1. The number of benzene rings is 1. The molecule has 2 N–H and O–H groups in total. The molecule has 1 aliphatic carbocycles. The van der Waals surface area contributed by atoms with Crippen molar-refractivity contribution in [3.8, 4) is 0 Å². The van der Waals surface area contributed by atoms with E-state index in [-0.39, 0.29) is 24.4 Å². The van der Waals surface area contributed by atoms with Gasteiger partial charge in [0.15, 0.2) is 0 Å². The van der Waals surface area contributed by atoms with Crippen molar-refractivity contribution in [2.24, 2.45) is 5.92 Å². The molecule has 1 aliphatic rings. The van der Waals surface area contributed by atoms with Crippen molar-refractivity contribution >= 4 is 35.6 Å². The van der Waals surface area contributed by atoms with E-state index in [0.29, 0.717) is 17.7 Å². The highest BCUT2D eigenvalue weighted by molar-refractivity contribution is 7.98. The summed E-state index contributed by atoms with van der Waals surface area (Å²) >= 11 is 1.56. The zero-order valence-electron chi connectivity index (χ0n) is 22.3. The van der Waals surface area contributed by atoms with E-state index in [2.05, 4.69) is 15.4 Å². The fourth-order valence-electron chi connectivity index (χ4n) is 3.93. The van der Waals surface area contributed by atoms with Gasteiger partial charge in [-0.3, -0.25) is 14.4 Å². The summed E-state index contributed by atoms with van der Waals surface area (Å²) in [6, 6.07) is 5.33. The van der Waals surface area contributed by atoms with Crippen LogP contribution in [0.4, 0.5) is 4.79 Å². The summed E-state index contributed by atoms with van der Waals surface area (Å²) in [5.41, 5.74) is 0.773. The Labute approximate surface area is 218 Å². The minimum Gasteiger partial charge on any atom is -0.468 e. The van der Waals surface area contributed by atoms with Crippen molar-refractivity contribution in [3.63, 3.8) is 0 Å². The minimum absolute atomic E-state index is 0.178. The number of nitrogens with one attached hydrogen (secondary N) is 2. The average molecular weight is 522 g/mol. The van der Waals surface area contributed by atoms with Gasteiger partial charge in [0.05, 0.1) is 7.11 Å².